The standard InChI is InChI=1S/C13H23N3S/c1-3-12-6-4-5-7-16(12)8-11-9-17-13(15-11)10(2)14/h9-10,12H,3-8,14H2,1-2H3. The topological polar surface area (TPSA) is 42.1 Å². The molecule has 0 aliphatic carbocycles. The van der Waals surface area contributed by atoms with E-state index in [1.165, 1.54) is 37.9 Å². The molecule has 0 aromatic carbocycles. The highest BCUT2D eigenvalue weighted by molar-refractivity contribution is 7.09. The highest BCUT2D eigenvalue weighted by atomic mass is 32.1. The highest BCUT2D eigenvalue weighted by Gasteiger charge is 2.21. The fourth-order valence-corrected chi connectivity index (χ4v) is 3.31. The van der Waals surface area contributed by atoms with Crippen molar-refractivity contribution in [3.63, 3.8) is 0 Å². The first-order valence-corrected chi connectivity index (χ1v) is 7.52. The lowest BCUT2D eigenvalue weighted by Gasteiger charge is -2.34. The molecule has 1 saturated heterocycles. The van der Waals surface area contributed by atoms with Crippen molar-refractivity contribution in [3.8, 4) is 0 Å². The number of likely N-dealkylation sites (tertiary alicyclic amines) is 1. The summed E-state index contributed by atoms with van der Waals surface area (Å²) in [5.74, 6) is 0. The number of nitrogens with two attached hydrogens (primary N) is 1. The quantitative estimate of drug-likeness (QED) is 0.897. The fraction of sp³-hybridized carbons (Fsp3) is 0.769. The Morgan fingerprint density at radius 3 is 3.06 bits per heavy atom. The van der Waals surface area contributed by atoms with Gasteiger partial charge in [-0.25, -0.2) is 4.98 Å². The maximum absolute atomic E-state index is 5.85. The molecule has 2 unspecified atom stereocenters. The second kappa shape index (κ2) is 5.94. The Labute approximate surface area is 108 Å². The number of piperidine rings is 1. The van der Waals surface area contributed by atoms with E-state index in [-0.39, 0.29) is 6.04 Å². The molecule has 2 heterocycles. The number of hydrogen-bond acceptors (Lipinski definition) is 4. The van der Waals surface area contributed by atoms with Crippen molar-refractivity contribution >= 4 is 11.3 Å². The summed E-state index contributed by atoms with van der Waals surface area (Å²) >= 11 is 1.69. The van der Waals surface area contributed by atoms with E-state index >= 15 is 0 Å². The molecule has 1 aromatic rings. The van der Waals surface area contributed by atoms with Gasteiger partial charge in [0.2, 0.25) is 0 Å². The molecule has 0 saturated carbocycles. The van der Waals surface area contributed by atoms with E-state index in [1.807, 2.05) is 6.92 Å². The van der Waals surface area contributed by atoms with Crippen LogP contribution in [0.5, 0.6) is 0 Å². The summed E-state index contributed by atoms with van der Waals surface area (Å²) in [4.78, 5) is 7.21. The molecule has 96 valence electrons. The van der Waals surface area contributed by atoms with Gasteiger partial charge in [-0.2, -0.15) is 0 Å². The van der Waals surface area contributed by atoms with Gasteiger partial charge in [-0.3, -0.25) is 4.90 Å². The first kappa shape index (κ1) is 13.0. The Hall–Kier alpha value is -0.450. The number of aromatic nitrogens is 1. The van der Waals surface area contributed by atoms with Gasteiger partial charge in [0.1, 0.15) is 5.01 Å². The van der Waals surface area contributed by atoms with Gasteiger partial charge >= 0.3 is 0 Å². The minimum Gasteiger partial charge on any atom is -0.322 e. The van der Waals surface area contributed by atoms with E-state index < -0.39 is 0 Å². The van der Waals surface area contributed by atoms with E-state index in [9.17, 15) is 0 Å². The summed E-state index contributed by atoms with van der Waals surface area (Å²) in [6, 6.07) is 0.821. The van der Waals surface area contributed by atoms with Crippen LogP contribution in [0.4, 0.5) is 0 Å². The lowest BCUT2D eigenvalue weighted by molar-refractivity contribution is 0.134. The lowest BCUT2D eigenvalue weighted by Crippen LogP contribution is -2.38. The molecular weight excluding hydrogens is 230 g/mol. The van der Waals surface area contributed by atoms with Crippen LogP contribution >= 0.6 is 11.3 Å². The molecule has 3 nitrogen and oxygen atoms in total. The molecule has 0 spiro atoms. The van der Waals surface area contributed by atoms with Crippen molar-refractivity contribution < 1.29 is 0 Å². The average molecular weight is 253 g/mol. The minimum atomic E-state index is 0.0667. The minimum absolute atomic E-state index is 0.0667. The molecule has 0 radical (unpaired) electrons. The SMILES string of the molecule is CCC1CCCCN1Cc1csc(C(C)N)n1. The third-order valence-corrected chi connectivity index (χ3v) is 4.64. The monoisotopic (exact) mass is 253 g/mol. The van der Waals surface area contributed by atoms with Crippen LogP contribution in [0, 0.1) is 0 Å². The molecule has 1 aliphatic heterocycles. The zero-order chi connectivity index (χ0) is 12.3. The maximum atomic E-state index is 5.85. The third-order valence-electron chi connectivity index (χ3n) is 3.54. The molecule has 4 heteroatoms. The van der Waals surface area contributed by atoms with Crippen molar-refractivity contribution in [2.45, 2.75) is 58.2 Å². The summed E-state index contributed by atoms with van der Waals surface area (Å²) in [6.07, 6.45) is 5.32. The summed E-state index contributed by atoms with van der Waals surface area (Å²) in [5.41, 5.74) is 7.04. The lowest BCUT2D eigenvalue weighted by atomic mass is 10.00. The van der Waals surface area contributed by atoms with Crippen LogP contribution in [0.15, 0.2) is 5.38 Å². The molecule has 2 rings (SSSR count). The zero-order valence-corrected chi connectivity index (χ0v) is 11.7. The Morgan fingerprint density at radius 2 is 2.41 bits per heavy atom. The summed E-state index contributed by atoms with van der Waals surface area (Å²) in [6.45, 7) is 6.51. The molecule has 1 aliphatic rings. The van der Waals surface area contributed by atoms with Crippen molar-refractivity contribution in [1.29, 1.82) is 0 Å². The number of hydrogen-bond donors (Lipinski definition) is 1. The molecule has 2 N–H and O–H groups in total. The van der Waals surface area contributed by atoms with Gasteiger partial charge in [0, 0.05) is 18.0 Å². The average Bonchev–Trinajstić information content (AvgIpc) is 2.78. The second-order valence-corrected chi connectivity index (χ2v) is 5.88. The largest absolute Gasteiger partial charge is 0.322 e. The molecule has 2 atom stereocenters. The van der Waals surface area contributed by atoms with Crippen molar-refractivity contribution in [3.05, 3.63) is 16.1 Å². The summed E-state index contributed by atoms with van der Waals surface area (Å²) in [5, 5.41) is 3.23. The van der Waals surface area contributed by atoms with Crippen molar-refractivity contribution in [1.82, 2.24) is 9.88 Å². The number of thiazole rings is 1. The highest BCUT2D eigenvalue weighted by Crippen LogP contribution is 2.23. The Balaban J connectivity index is 1.98. The van der Waals surface area contributed by atoms with Crippen LogP contribution in [0.3, 0.4) is 0 Å². The van der Waals surface area contributed by atoms with E-state index in [4.69, 9.17) is 5.73 Å². The molecule has 1 aromatic heterocycles. The van der Waals surface area contributed by atoms with Gasteiger partial charge in [0.25, 0.3) is 0 Å². The van der Waals surface area contributed by atoms with E-state index in [2.05, 4.69) is 22.2 Å². The maximum Gasteiger partial charge on any atom is 0.109 e. The van der Waals surface area contributed by atoms with Crippen LogP contribution in [-0.2, 0) is 6.54 Å². The van der Waals surface area contributed by atoms with Gasteiger partial charge in [0.15, 0.2) is 0 Å². The van der Waals surface area contributed by atoms with Crippen LogP contribution in [0.25, 0.3) is 0 Å². The molecule has 0 bridgehead atoms. The third kappa shape index (κ3) is 3.27. The first-order chi connectivity index (χ1) is 8.20. The van der Waals surface area contributed by atoms with Gasteiger partial charge in [-0.15, -0.1) is 11.3 Å². The number of nitrogens with zero attached hydrogens (tertiary/aromatic N) is 2. The van der Waals surface area contributed by atoms with Crippen LogP contribution in [0.2, 0.25) is 0 Å². The van der Waals surface area contributed by atoms with E-state index in [1.54, 1.807) is 11.3 Å². The van der Waals surface area contributed by atoms with Crippen LogP contribution in [0.1, 0.15) is 56.3 Å². The molecule has 0 amide bonds. The van der Waals surface area contributed by atoms with Gasteiger partial charge in [-0.05, 0) is 32.7 Å². The predicted octanol–water partition coefficient (Wildman–Crippen LogP) is 2.93. The molecule has 1 fully saturated rings. The van der Waals surface area contributed by atoms with Crippen molar-refractivity contribution in [2.75, 3.05) is 6.54 Å². The van der Waals surface area contributed by atoms with Gasteiger partial charge in [-0.1, -0.05) is 13.3 Å². The molecule has 17 heavy (non-hydrogen) atoms. The van der Waals surface area contributed by atoms with Crippen LogP contribution in [-0.4, -0.2) is 22.5 Å². The normalized spacial score (nSPS) is 23.8. The Morgan fingerprint density at radius 1 is 1.59 bits per heavy atom. The Kier molecular flexibility index (Phi) is 4.54. The second-order valence-electron chi connectivity index (χ2n) is 4.99. The summed E-state index contributed by atoms with van der Waals surface area (Å²) < 4.78 is 0. The zero-order valence-electron chi connectivity index (χ0n) is 10.9. The predicted molar refractivity (Wildman–Crippen MR) is 73.1 cm³/mol. The first-order valence-electron chi connectivity index (χ1n) is 6.64. The Bertz CT molecular complexity index is 348. The number of rotatable bonds is 4. The van der Waals surface area contributed by atoms with Gasteiger partial charge < -0.3 is 5.73 Å². The van der Waals surface area contributed by atoms with E-state index in [0.717, 1.165) is 17.6 Å². The smallest absolute Gasteiger partial charge is 0.109 e. The fourth-order valence-electron chi connectivity index (χ4n) is 2.54. The van der Waals surface area contributed by atoms with Gasteiger partial charge in [0.05, 0.1) is 11.7 Å². The van der Waals surface area contributed by atoms with Crippen molar-refractivity contribution in [2.24, 2.45) is 5.73 Å². The van der Waals surface area contributed by atoms with E-state index in [0.29, 0.717) is 0 Å². The summed E-state index contributed by atoms with van der Waals surface area (Å²) in [7, 11) is 0. The molecular formula is C13H23N3S. The van der Waals surface area contributed by atoms with Crippen LogP contribution < -0.4 is 5.73 Å².